The van der Waals surface area contributed by atoms with Crippen molar-refractivity contribution in [1.82, 2.24) is 16.0 Å². The Kier molecular flexibility index (Phi) is 16.0. The molecule has 0 bridgehead atoms. The first-order valence-corrected chi connectivity index (χ1v) is 15.2. The first kappa shape index (κ1) is 37.8. The number of nitrogens with zero attached hydrogens (tertiary/aromatic N) is 2. The highest BCUT2D eigenvalue weighted by molar-refractivity contribution is 8.13. The molecule has 1 aromatic rings. The molecular weight excluding hydrogens is 590 g/mol. The molecule has 0 saturated heterocycles. The number of hydrogen-bond acceptors (Lipinski definition) is 9. The Morgan fingerprint density at radius 1 is 0.905 bits per heavy atom. The summed E-state index contributed by atoms with van der Waals surface area (Å²) in [6.07, 6.45) is 2.53. The monoisotopic (exact) mass is 635 g/mol. The van der Waals surface area contributed by atoms with Crippen LogP contribution in [-0.4, -0.2) is 63.6 Å². The number of nitrogens with one attached hydrogen (secondary N) is 3. The van der Waals surface area contributed by atoms with E-state index in [9.17, 15) is 22.8 Å². The maximum absolute atomic E-state index is 14.0. The SMILES string of the molecule is C/C(=N/O)C(C)(C)NCCC(CCNC(=O)CCCC(=O)Sc1c(F)c(F)cc(F)c1P)CCNC(C)(C)/C(C)=N\O. The summed E-state index contributed by atoms with van der Waals surface area (Å²) >= 11 is 0.422. The molecule has 0 spiro atoms. The van der Waals surface area contributed by atoms with Crippen molar-refractivity contribution < 1.29 is 33.2 Å². The number of carbonyl (C=O) groups is 2. The van der Waals surface area contributed by atoms with E-state index in [1.54, 1.807) is 13.8 Å². The first-order valence-electron chi connectivity index (χ1n) is 13.8. The molecule has 0 aromatic heterocycles. The molecule has 0 heterocycles. The van der Waals surface area contributed by atoms with Gasteiger partial charge < -0.3 is 26.4 Å². The van der Waals surface area contributed by atoms with Crippen LogP contribution in [0, 0.1) is 23.4 Å². The summed E-state index contributed by atoms with van der Waals surface area (Å²) in [6, 6.07) is 0.426. The van der Waals surface area contributed by atoms with E-state index < -0.39 is 38.5 Å². The molecule has 0 aliphatic heterocycles. The van der Waals surface area contributed by atoms with Crippen LogP contribution in [0.4, 0.5) is 13.2 Å². The number of carbonyl (C=O) groups excluding carboxylic acids is 2. The number of oxime groups is 2. The topological polar surface area (TPSA) is 135 Å². The number of hydrogen-bond donors (Lipinski definition) is 5. The Morgan fingerprint density at radius 2 is 1.40 bits per heavy atom. The van der Waals surface area contributed by atoms with Crippen molar-refractivity contribution in [2.24, 2.45) is 16.2 Å². The first-order chi connectivity index (χ1) is 19.5. The summed E-state index contributed by atoms with van der Waals surface area (Å²) in [5.41, 5.74) is 0.162. The third kappa shape index (κ3) is 12.6. The van der Waals surface area contributed by atoms with Gasteiger partial charge in [0.25, 0.3) is 0 Å². The second-order valence-corrected chi connectivity index (χ2v) is 12.9. The highest BCUT2D eigenvalue weighted by atomic mass is 32.2. The second-order valence-electron chi connectivity index (χ2n) is 11.3. The summed E-state index contributed by atoms with van der Waals surface area (Å²) in [7, 11) is 1.97. The Morgan fingerprint density at radius 3 is 1.90 bits per heavy atom. The minimum Gasteiger partial charge on any atom is -0.411 e. The van der Waals surface area contributed by atoms with E-state index in [1.807, 2.05) is 36.9 Å². The van der Waals surface area contributed by atoms with Gasteiger partial charge in [0.2, 0.25) is 5.91 Å². The van der Waals surface area contributed by atoms with Crippen LogP contribution >= 0.6 is 21.0 Å². The van der Waals surface area contributed by atoms with Crippen molar-refractivity contribution in [1.29, 1.82) is 0 Å². The van der Waals surface area contributed by atoms with E-state index in [1.165, 1.54) is 0 Å². The predicted molar refractivity (Wildman–Crippen MR) is 165 cm³/mol. The third-order valence-electron chi connectivity index (χ3n) is 7.39. The van der Waals surface area contributed by atoms with Crippen molar-refractivity contribution in [2.75, 3.05) is 19.6 Å². The summed E-state index contributed by atoms with van der Waals surface area (Å²) in [4.78, 5) is 24.2. The fraction of sp³-hybridized carbons (Fsp3) is 0.643. The average Bonchev–Trinajstić information content (AvgIpc) is 2.92. The van der Waals surface area contributed by atoms with Crippen LogP contribution in [0.25, 0.3) is 0 Å². The number of rotatable bonds is 18. The maximum atomic E-state index is 14.0. The molecule has 238 valence electrons. The summed E-state index contributed by atoms with van der Waals surface area (Å²) in [6.45, 7) is 12.9. The van der Waals surface area contributed by atoms with Crippen molar-refractivity contribution in [3.63, 3.8) is 0 Å². The third-order valence-corrected chi connectivity index (χ3v) is 9.20. The van der Waals surface area contributed by atoms with Gasteiger partial charge in [-0.3, -0.25) is 9.59 Å². The number of halogens is 3. The Bertz CT molecular complexity index is 1070. The van der Waals surface area contributed by atoms with Gasteiger partial charge in [-0.15, -0.1) is 9.24 Å². The van der Waals surface area contributed by atoms with Gasteiger partial charge >= 0.3 is 0 Å². The van der Waals surface area contributed by atoms with Gasteiger partial charge in [0.05, 0.1) is 27.4 Å². The Balaban J connectivity index is 2.58. The van der Waals surface area contributed by atoms with Crippen LogP contribution in [-0.2, 0) is 9.59 Å². The van der Waals surface area contributed by atoms with E-state index in [0.717, 1.165) is 12.8 Å². The summed E-state index contributed by atoms with van der Waals surface area (Å²) in [5, 5.41) is 33.8. The smallest absolute Gasteiger partial charge is 0.220 e. The second kappa shape index (κ2) is 17.8. The molecule has 1 rings (SSSR count). The molecule has 0 aliphatic carbocycles. The minimum atomic E-state index is -1.37. The molecule has 0 aliphatic rings. The molecule has 42 heavy (non-hydrogen) atoms. The standard InChI is InChI=1S/C28H45F3N5O4PS/c1-17(35-39)27(3,4)33-14-11-19(12-15-34-28(5,6)18(2)36-40)10-13-32-22(37)8-7-9-23(38)42-26-24(31)20(29)16-21(30)25(26)41/h16,19,33-34,39-40H,7-15,41H2,1-6H3,(H,32,37)/b35-17-,36-18-. The van der Waals surface area contributed by atoms with Crippen molar-refractivity contribution in [2.45, 2.75) is 96.0 Å². The van der Waals surface area contributed by atoms with Crippen molar-refractivity contribution >= 4 is 48.8 Å². The molecule has 14 heteroatoms. The lowest BCUT2D eigenvalue weighted by molar-refractivity contribution is -0.121. The van der Waals surface area contributed by atoms with Gasteiger partial charge in [-0.05, 0) is 98.0 Å². The van der Waals surface area contributed by atoms with Crippen LogP contribution in [0.2, 0.25) is 0 Å². The molecule has 1 aromatic carbocycles. The number of benzene rings is 1. The molecule has 1 atom stereocenters. The maximum Gasteiger partial charge on any atom is 0.220 e. The van der Waals surface area contributed by atoms with E-state index in [0.29, 0.717) is 55.3 Å². The van der Waals surface area contributed by atoms with E-state index >= 15 is 0 Å². The summed E-state index contributed by atoms with van der Waals surface area (Å²) in [5.74, 6) is -3.61. The van der Waals surface area contributed by atoms with E-state index in [-0.39, 0.29) is 36.4 Å². The molecule has 9 nitrogen and oxygen atoms in total. The van der Waals surface area contributed by atoms with Gasteiger partial charge in [-0.1, -0.05) is 10.3 Å². The van der Waals surface area contributed by atoms with E-state index in [2.05, 4.69) is 26.3 Å². The van der Waals surface area contributed by atoms with Crippen LogP contribution in [0.15, 0.2) is 21.3 Å². The van der Waals surface area contributed by atoms with E-state index in [4.69, 9.17) is 10.4 Å². The fourth-order valence-corrected chi connectivity index (χ4v) is 5.12. The molecule has 5 N–H and O–H groups in total. The van der Waals surface area contributed by atoms with Crippen LogP contribution in [0.3, 0.4) is 0 Å². The normalized spacial score (nSPS) is 13.8. The highest BCUT2D eigenvalue weighted by Crippen LogP contribution is 2.27. The highest BCUT2D eigenvalue weighted by Gasteiger charge is 2.24. The lowest BCUT2D eigenvalue weighted by Gasteiger charge is -2.28. The van der Waals surface area contributed by atoms with Crippen LogP contribution in [0.5, 0.6) is 0 Å². The molecule has 1 unspecified atom stereocenters. The Hall–Kier alpha value is -2.21. The molecule has 0 fully saturated rings. The molecule has 0 radical (unpaired) electrons. The largest absolute Gasteiger partial charge is 0.411 e. The molecule has 1 amide bonds. The van der Waals surface area contributed by atoms with Gasteiger partial charge in [0.15, 0.2) is 16.7 Å². The fourth-order valence-electron chi connectivity index (χ4n) is 3.87. The van der Waals surface area contributed by atoms with Gasteiger partial charge in [0.1, 0.15) is 5.82 Å². The van der Waals surface area contributed by atoms with Crippen molar-refractivity contribution in [3.8, 4) is 0 Å². The van der Waals surface area contributed by atoms with Gasteiger partial charge in [0, 0.05) is 30.8 Å². The lowest BCUT2D eigenvalue weighted by atomic mass is 9.94. The van der Waals surface area contributed by atoms with Crippen LogP contribution < -0.4 is 21.3 Å². The summed E-state index contributed by atoms with van der Waals surface area (Å²) < 4.78 is 41.2. The zero-order valence-electron chi connectivity index (χ0n) is 25.2. The number of thioether (sulfide) groups is 1. The van der Waals surface area contributed by atoms with Crippen molar-refractivity contribution in [3.05, 3.63) is 23.5 Å². The Labute approximate surface area is 253 Å². The quantitative estimate of drug-likeness (QED) is 0.0393. The molecular formula is C28H45F3N5O4PS. The predicted octanol–water partition coefficient (Wildman–Crippen LogP) is 4.73. The number of amides is 1. The minimum absolute atomic E-state index is 0.0571. The zero-order valence-corrected chi connectivity index (χ0v) is 27.2. The average molecular weight is 636 g/mol. The van der Waals surface area contributed by atoms with Gasteiger partial charge in [-0.2, -0.15) is 0 Å². The lowest BCUT2D eigenvalue weighted by Crippen LogP contribution is -2.47. The van der Waals surface area contributed by atoms with Gasteiger partial charge in [-0.25, -0.2) is 13.2 Å². The zero-order chi connectivity index (χ0) is 32.1. The van der Waals surface area contributed by atoms with Crippen LogP contribution in [0.1, 0.15) is 80.1 Å². The molecule has 0 saturated carbocycles.